The van der Waals surface area contributed by atoms with Gasteiger partial charge < -0.3 is 15.5 Å². The smallest absolute Gasteiger partial charge is 0.255 e. The first-order valence-corrected chi connectivity index (χ1v) is 12.4. The molecule has 6 heteroatoms. The van der Waals surface area contributed by atoms with Crippen LogP contribution < -0.4 is 10.6 Å². The van der Waals surface area contributed by atoms with Crippen molar-refractivity contribution in [2.45, 2.75) is 70.1 Å². The van der Waals surface area contributed by atoms with Crippen molar-refractivity contribution in [1.29, 1.82) is 0 Å². The van der Waals surface area contributed by atoms with Crippen molar-refractivity contribution in [2.24, 2.45) is 5.92 Å². The largest absolute Gasteiger partial charge is 0.329 e. The third kappa shape index (κ3) is 4.64. The lowest BCUT2D eigenvalue weighted by Crippen LogP contribution is -2.49. The molecule has 1 aliphatic carbocycles. The minimum atomic E-state index is -0.526. The zero-order valence-corrected chi connectivity index (χ0v) is 19.5. The van der Waals surface area contributed by atoms with Crippen molar-refractivity contribution in [3.8, 4) is 0 Å². The fourth-order valence-electron chi connectivity index (χ4n) is 5.72. The molecule has 3 atom stereocenters. The number of benzene rings is 2. The normalized spacial score (nSPS) is 24.8. The van der Waals surface area contributed by atoms with Crippen LogP contribution in [0.5, 0.6) is 0 Å². The molecule has 1 unspecified atom stereocenters. The summed E-state index contributed by atoms with van der Waals surface area (Å²) in [6.45, 7) is 4.98. The number of halogens is 1. The Labute approximate surface area is 200 Å². The lowest BCUT2D eigenvalue weighted by atomic mass is 9.80. The predicted octanol–water partition coefficient (Wildman–Crippen LogP) is 4.46. The Morgan fingerprint density at radius 3 is 2.68 bits per heavy atom. The van der Waals surface area contributed by atoms with Gasteiger partial charge in [-0.15, -0.1) is 0 Å². The first-order valence-electron chi connectivity index (χ1n) is 12.4. The van der Waals surface area contributed by atoms with Crippen LogP contribution in [-0.2, 0) is 24.3 Å². The third-order valence-electron chi connectivity index (χ3n) is 7.60. The van der Waals surface area contributed by atoms with Crippen LogP contribution in [0.1, 0.15) is 65.6 Å². The van der Waals surface area contributed by atoms with Crippen molar-refractivity contribution in [2.75, 3.05) is 0 Å². The van der Waals surface area contributed by atoms with Gasteiger partial charge in [-0.25, -0.2) is 4.39 Å². The van der Waals surface area contributed by atoms with Crippen molar-refractivity contribution in [3.63, 3.8) is 0 Å². The monoisotopic (exact) mass is 461 g/mol. The molecule has 5 rings (SSSR count). The summed E-state index contributed by atoms with van der Waals surface area (Å²) in [5.74, 6) is -0.419. The van der Waals surface area contributed by atoms with E-state index in [1.54, 1.807) is 4.90 Å². The Bertz CT molecular complexity index is 1100. The van der Waals surface area contributed by atoms with E-state index < -0.39 is 6.04 Å². The van der Waals surface area contributed by atoms with E-state index in [0.717, 1.165) is 31.4 Å². The molecule has 3 aliphatic rings. The number of fused-ring (bicyclic) bond motifs is 1. The zero-order chi connectivity index (χ0) is 23.7. The van der Waals surface area contributed by atoms with E-state index in [1.165, 1.54) is 18.1 Å². The molecule has 5 nitrogen and oxygen atoms in total. The van der Waals surface area contributed by atoms with Crippen LogP contribution >= 0.6 is 0 Å². The maximum absolute atomic E-state index is 15.2. The molecule has 2 amide bonds. The van der Waals surface area contributed by atoms with E-state index in [1.807, 2.05) is 24.3 Å². The van der Waals surface area contributed by atoms with Crippen molar-refractivity contribution in [3.05, 3.63) is 82.8 Å². The number of carbonyl (C=O) groups excluding carboxylic acids is 2. The Kier molecular flexibility index (Phi) is 6.50. The van der Waals surface area contributed by atoms with E-state index in [-0.39, 0.29) is 17.6 Å². The summed E-state index contributed by atoms with van der Waals surface area (Å²) in [7, 11) is 0. The molecule has 2 fully saturated rings. The van der Waals surface area contributed by atoms with Gasteiger partial charge in [0.25, 0.3) is 5.91 Å². The highest BCUT2D eigenvalue weighted by Gasteiger charge is 2.39. The van der Waals surface area contributed by atoms with Crippen LogP contribution in [0.15, 0.2) is 54.7 Å². The maximum Gasteiger partial charge on any atom is 0.255 e. The predicted molar refractivity (Wildman–Crippen MR) is 129 cm³/mol. The summed E-state index contributed by atoms with van der Waals surface area (Å²) in [6, 6.07) is 13.4. The molecule has 0 bridgehead atoms. The zero-order valence-electron chi connectivity index (χ0n) is 19.5. The van der Waals surface area contributed by atoms with Gasteiger partial charge in [-0.2, -0.15) is 0 Å². The molecule has 178 valence electrons. The van der Waals surface area contributed by atoms with E-state index in [9.17, 15) is 9.59 Å². The first-order chi connectivity index (χ1) is 16.5. The van der Waals surface area contributed by atoms with Gasteiger partial charge in [0.1, 0.15) is 11.9 Å². The first kappa shape index (κ1) is 22.8. The Balaban J connectivity index is 1.29. The molecule has 1 saturated heterocycles. The number of amides is 2. The van der Waals surface area contributed by atoms with Crippen LogP contribution in [0.4, 0.5) is 4.39 Å². The van der Waals surface area contributed by atoms with Crippen LogP contribution in [0.3, 0.4) is 0 Å². The SMILES string of the molecule is C=C1CCC(N2Cc3cc(C[C@H]4CCCC[C@@H]4NCc4ccccc4)c(F)cc3C2=O)C(=O)N1. The van der Waals surface area contributed by atoms with Gasteiger partial charge in [-0.1, -0.05) is 55.8 Å². The second-order valence-corrected chi connectivity index (χ2v) is 9.90. The second kappa shape index (κ2) is 9.71. The second-order valence-electron chi connectivity index (χ2n) is 9.90. The van der Waals surface area contributed by atoms with Crippen molar-refractivity contribution < 1.29 is 14.0 Å². The molecule has 2 aliphatic heterocycles. The molecule has 2 heterocycles. The lowest BCUT2D eigenvalue weighted by Gasteiger charge is -2.33. The molecule has 2 N–H and O–H groups in total. The molecule has 0 spiro atoms. The van der Waals surface area contributed by atoms with Crippen LogP contribution in [-0.4, -0.2) is 28.8 Å². The molecule has 2 aromatic rings. The number of piperidine rings is 1. The maximum atomic E-state index is 15.2. The quantitative estimate of drug-likeness (QED) is 0.668. The summed E-state index contributed by atoms with van der Waals surface area (Å²) in [5, 5.41) is 6.46. The highest BCUT2D eigenvalue weighted by Crippen LogP contribution is 2.33. The Morgan fingerprint density at radius 1 is 1.09 bits per heavy atom. The number of nitrogens with one attached hydrogen (secondary N) is 2. The summed E-state index contributed by atoms with van der Waals surface area (Å²) < 4.78 is 15.2. The summed E-state index contributed by atoms with van der Waals surface area (Å²) in [4.78, 5) is 27.0. The standard InChI is InChI=1S/C28H32FN3O2/c1-18-11-12-26(27(33)31-18)32-17-22-14-21(24(29)15-23(22)28(32)34)13-20-9-5-6-10-25(20)30-16-19-7-3-2-4-8-19/h2-4,7-8,14-15,20,25-26,30H,1,5-6,9-13,16-17H2,(H,31,33)/t20-,25+,26?/m1/s1. The number of rotatable bonds is 6. The van der Waals surface area contributed by atoms with Crippen molar-refractivity contribution >= 4 is 11.8 Å². The number of allylic oxidation sites excluding steroid dienone is 1. The van der Waals surface area contributed by atoms with Gasteiger partial charge in [0.2, 0.25) is 5.91 Å². The number of hydrogen-bond donors (Lipinski definition) is 2. The highest BCUT2D eigenvalue weighted by atomic mass is 19.1. The lowest BCUT2D eigenvalue weighted by molar-refractivity contribution is -0.126. The minimum absolute atomic E-state index is 0.201. The van der Waals surface area contributed by atoms with E-state index in [4.69, 9.17) is 0 Å². The van der Waals surface area contributed by atoms with Gasteiger partial charge in [0.05, 0.1) is 0 Å². The third-order valence-corrected chi connectivity index (χ3v) is 7.60. The highest BCUT2D eigenvalue weighted by molar-refractivity contribution is 6.01. The van der Waals surface area contributed by atoms with E-state index in [2.05, 4.69) is 29.3 Å². The summed E-state index contributed by atoms with van der Waals surface area (Å²) in [5.41, 5.74) is 3.82. The minimum Gasteiger partial charge on any atom is -0.329 e. The molecule has 0 aromatic heterocycles. The summed E-state index contributed by atoms with van der Waals surface area (Å²) in [6.07, 6.45) is 6.37. The number of hydrogen-bond acceptors (Lipinski definition) is 3. The Hall–Kier alpha value is -2.99. The van der Waals surface area contributed by atoms with Crippen LogP contribution in [0.25, 0.3) is 0 Å². The molecular weight excluding hydrogens is 429 g/mol. The van der Waals surface area contributed by atoms with Gasteiger partial charge in [-0.3, -0.25) is 9.59 Å². The fraction of sp³-hybridized carbons (Fsp3) is 0.429. The molecule has 1 saturated carbocycles. The topological polar surface area (TPSA) is 61.4 Å². The molecule has 2 aromatic carbocycles. The van der Waals surface area contributed by atoms with E-state index >= 15 is 4.39 Å². The average molecular weight is 462 g/mol. The average Bonchev–Trinajstić information content (AvgIpc) is 3.14. The van der Waals surface area contributed by atoms with Gasteiger partial charge >= 0.3 is 0 Å². The Morgan fingerprint density at radius 2 is 1.88 bits per heavy atom. The van der Waals surface area contributed by atoms with Crippen LogP contribution in [0.2, 0.25) is 0 Å². The molecule has 0 radical (unpaired) electrons. The fourth-order valence-corrected chi connectivity index (χ4v) is 5.72. The van der Waals surface area contributed by atoms with Gasteiger partial charge in [-0.05, 0) is 60.8 Å². The number of nitrogens with zero attached hydrogens (tertiary/aromatic N) is 1. The van der Waals surface area contributed by atoms with Gasteiger partial charge in [0, 0.05) is 30.4 Å². The van der Waals surface area contributed by atoms with Crippen LogP contribution in [0, 0.1) is 11.7 Å². The molecular formula is C28H32FN3O2. The molecule has 34 heavy (non-hydrogen) atoms. The van der Waals surface area contributed by atoms with Gasteiger partial charge in [0.15, 0.2) is 0 Å². The van der Waals surface area contributed by atoms with E-state index in [0.29, 0.717) is 54.6 Å². The number of carbonyl (C=O) groups is 2. The summed E-state index contributed by atoms with van der Waals surface area (Å²) >= 11 is 0. The van der Waals surface area contributed by atoms with Crippen molar-refractivity contribution in [1.82, 2.24) is 15.5 Å².